The highest BCUT2D eigenvalue weighted by atomic mass is 79.9. The number of β-amino-alcohol motifs (C(OH)–C–C–N with tert-alkyl or cyclic N) is 1. The zero-order valence-electron chi connectivity index (χ0n) is 24.5. The number of halogens is 1. The van der Waals surface area contributed by atoms with Gasteiger partial charge in [-0.2, -0.15) is 4.31 Å². The molecule has 1 atom stereocenters. The number of nitro benzene ring substituents is 1. The molecule has 12 nitrogen and oxygen atoms in total. The summed E-state index contributed by atoms with van der Waals surface area (Å²) >= 11 is 3.47. The van der Waals surface area contributed by atoms with Gasteiger partial charge >= 0.3 is 0 Å². The Hall–Kier alpha value is -3.40. The van der Waals surface area contributed by atoms with E-state index in [-0.39, 0.29) is 55.4 Å². The first-order chi connectivity index (χ1) is 21.5. The van der Waals surface area contributed by atoms with Crippen molar-refractivity contribution < 1.29 is 33.1 Å². The summed E-state index contributed by atoms with van der Waals surface area (Å²) in [6, 6.07) is 17.4. The Balaban J connectivity index is 1.16. The maximum atomic E-state index is 13.2. The number of benzene rings is 3. The second-order valence-corrected chi connectivity index (χ2v) is 14.0. The van der Waals surface area contributed by atoms with Crippen LogP contribution >= 0.6 is 15.9 Å². The van der Waals surface area contributed by atoms with Crippen molar-refractivity contribution >= 4 is 37.5 Å². The van der Waals surface area contributed by atoms with E-state index in [1.165, 1.54) is 22.5 Å². The standard InChI is InChI=1S/C31H35BrN4O8S/c32-24-8-9-30(28(18-24)29(38)20-33-12-10-26(37)11-13-33)44-21-22-4-6-23(7-5-22)31(39)34-14-16-35(17-15-34)45(42,43)27-3-1-2-25(19-27)36(40)41/h1-9,18-19,26,29,37-38H,10-17,20-21H2. The van der Waals surface area contributed by atoms with Crippen molar-refractivity contribution in [2.45, 2.75) is 36.6 Å². The monoisotopic (exact) mass is 702 g/mol. The Morgan fingerprint density at radius 2 is 1.69 bits per heavy atom. The van der Waals surface area contributed by atoms with Crippen molar-refractivity contribution in [2.75, 3.05) is 45.8 Å². The van der Waals surface area contributed by atoms with Gasteiger partial charge in [-0.1, -0.05) is 34.1 Å². The van der Waals surface area contributed by atoms with Crippen LogP contribution in [0.2, 0.25) is 0 Å². The topological polar surface area (TPSA) is 154 Å². The van der Waals surface area contributed by atoms with Gasteiger partial charge in [0.2, 0.25) is 10.0 Å². The van der Waals surface area contributed by atoms with Crippen LogP contribution in [0.15, 0.2) is 76.1 Å². The van der Waals surface area contributed by atoms with Crippen LogP contribution in [0, 0.1) is 10.1 Å². The maximum Gasteiger partial charge on any atom is 0.270 e. The summed E-state index contributed by atoms with van der Waals surface area (Å²) in [5.41, 5.74) is 1.64. The van der Waals surface area contributed by atoms with Crippen LogP contribution in [0.3, 0.4) is 0 Å². The van der Waals surface area contributed by atoms with Gasteiger partial charge in [0.1, 0.15) is 12.4 Å². The Labute approximate surface area is 270 Å². The van der Waals surface area contributed by atoms with Crippen molar-refractivity contribution in [2.24, 2.45) is 0 Å². The largest absolute Gasteiger partial charge is 0.489 e. The highest BCUT2D eigenvalue weighted by molar-refractivity contribution is 9.10. The summed E-state index contributed by atoms with van der Waals surface area (Å²) in [4.78, 5) is 27.2. The smallest absolute Gasteiger partial charge is 0.270 e. The highest BCUT2D eigenvalue weighted by Gasteiger charge is 2.31. The van der Waals surface area contributed by atoms with Gasteiger partial charge in [-0.05, 0) is 54.8 Å². The molecule has 2 heterocycles. The molecule has 5 rings (SSSR count). The molecule has 1 amide bonds. The van der Waals surface area contributed by atoms with Crippen molar-refractivity contribution in [1.82, 2.24) is 14.1 Å². The Bertz CT molecular complexity index is 1620. The molecule has 2 aliphatic heterocycles. The van der Waals surface area contributed by atoms with E-state index in [0.717, 1.165) is 29.2 Å². The van der Waals surface area contributed by atoms with Gasteiger partial charge in [-0.3, -0.25) is 14.9 Å². The van der Waals surface area contributed by atoms with Gasteiger partial charge in [-0.15, -0.1) is 0 Å². The molecule has 0 saturated carbocycles. The van der Waals surface area contributed by atoms with E-state index >= 15 is 0 Å². The number of aliphatic hydroxyl groups excluding tert-OH is 2. The minimum atomic E-state index is -3.94. The predicted molar refractivity (Wildman–Crippen MR) is 169 cm³/mol. The third-order valence-electron chi connectivity index (χ3n) is 8.11. The molecule has 2 aliphatic rings. The SMILES string of the molecule is O=C(c1ccc(COc2ccc(Br)cc2C(O)CN2CCC(O)CC2)cc1)N1CCN(S(=O)(=O)c2cccc([N+](=O)[O-])c2)CC1. The summed E-state index contributed by atoms with van der Waals surface area (Å²) in [6.45, 7) is 2.62. The van der Waals surface area contributed by atoms with E-state index in [1.54, 1.807) is 35.2 Å². The molecule has 2 N–H and O–H groups in total. The first-order valence-corrected chi connectivity index (χ1v) is 16.9. The van der Waals surface area contributed by atoms with E-state index in [2.05, 4.69) is 20.8 Å². The van der Waals surface area contributed by atoms with Crippen LogP contribution in [-0.4, -0.2) is 95.5 Å². The van der Waals surface area contributed by atoms with Crippen LogP contribution < -0.4 is 4.74 Å². The number of likely N-dealkylation sites (tertiary alicyclic amines) is 1. The predicted octanol–water partition coefficient (Wildman–Crippen LogP) is 3.57. The fourth-order valence-electron chi connectivity index (χ4n) is 5.48. The number of ether oxygens (including phenoxy) is 1. The lowest BCUT2D eigenvalue weighted by atomic mass is 10.0. The van der Waals surface area contributed by atoms with Gasteiger partial charge in [0, 0.05) is 73.5 Å². The molecule has 0 radical (unpaired) electrons. The number of carbonyl (C=O) groups excluding carboxylic acids is 1. The van der Waals surface area contributed by atoms with Crippen molar-refractivity contribution in [3.8, 4) is 5.75 Å². The molecule has 2 saturated heterocycles. The maximum absolute atomic E-state index is 13.2. The number of sulfonamides is 1. The average molecular weight is 704 g/mol. The fourth-order valence-corrected chi connectivity index (χ4v) is 7.32. The molecule has 0 spiro atoms. The summed E-state index contributed by atoms with van der Waals surface area (Å²) in [5.74, 6) is 0.333. The molecule has 0 aromatic heterocycles. The molecular weight excluding hydrogens is 668 g/mol. The van der Waals surface area contributed by atoms with Gasteiger partial charge in [0.15, 0.2) is 0 Å². The van der Waals surface area contributed by atoms with Crippen molar-refractivity contribution in [1.29, 1.82) is 0 Å². The Kier molecular flexibility index (Phi) is 10.5. The molecule has 0 aliphatic carbocycles. The molecule has 45 heavy (non-hydrogen) atoms. The van der Waals surface area contributed by atoms with Gasteiger partial charge in [0.25, 0.3) is 11.6 Å². The second-order valence-electron chi connectivity index (χ2n) is 11.2. The number of hydrogen-bond acceptors (Lipinski definition) is 9. The Morgan fingerprint density at radius 1 is 1.00 bits per heavy atom. The van der Waals surface area contributed by atoms with Crippen LogP contribution in [0.1, 0.15) is 40.4 Å². The summed E-state index contributed by atoms with van der Waals surface area (Å²) in [6.07, 6.45) is 0.324. The Morgan fingerprint density at radius 3 is 2.36 bits per heavy atom. The third kappa shape index (κ3) is 8.07. The molecule has 3 aromatic carbocycles. The van der Waals surface area contributed by atoms with Crippen LogP contribution in [0.5, 0.6) is 5.75 Å². The average Bonchev–Trinajstić information content (AvgIpc) is 3.05. The lowest BCUT2D eigenvalue weighted by Gasteiger charge is -2.34. The van der Waals surface area contributed by atoms with Gasteiger partial charge in [0.05, 0.1) is 22.0 Å². The van der Waals surface area contributed by atoms with E-state index < -0.39 is 21.1 Å². The van der Waals surface area contributed by atoms with Crippen LogP contribution in [0.25, 0.3) is 0 Å². The normalized spacial score (nSPS) is 17.6. The zero-order chi connectivity index (χ0) is 32.1. The number of amides is 1. The van der Waals surface area contributed by atoms with E-state index in [9.17, 15) is 33.5 Å². The quantitative estimate of drug-likeness (QED) is 0.238. The molecule has 14 heteroatoms. The first-order valence-electron chi connectivity index (χ1n) is 14.6. The van der Waals surface area contributed by atoms with Crippen LogP contribution in [-0.2, 0) is 16.6 Å². The summed E-state index contributed by atoms with van der Waals surface area (Å²) < 4.78 is 34.2. The minimum absolute atomic E-state index is 0.0732. The number of rotatable bonds is 10. The summed E-state index contributed by atoms with van der Waals surface area (Å²) in [5, 5.41) is 31.9. The molecule has 2 fully saturated rings. The lowest BCUT2D eigenvalue weighted by Crippen LogP contribution is -2.50. The van der Waals surface area contributed by atoms with Crippen molar-refractivity contribution in [3.05, 3.63) is 98.0 Å². The zero-order valence-corrected chi connectivity index (χ0v) is 26.9. The first kappa shape index (κ1) is 33.0. The van der Waals surface area contributed by atoms with Gasteiger partial charge in [-0.25, -0.2) is 8.42 Å². The van der Waals surface area contributed by atoms with E-state index in [1.807, 2.05) is 12.1 Å². The van der Waals surface area contributed by atoms with Crippen molar-refractivity contribution in [3.63, 3.8) is 0 Å². The number of hydrogen-bond donors (Lipinski definition) is 2. The molecule has 3 aromatic rings. The molecular formula is C31H35BrN4O8S. The van der Waals surface area contributed by atoms with Crippen LogP contribution in [0.4, 0.5) is 5.69 Å². The number of non-ortho nitro benzene ring substituents is 1. The number of carbonyl (C=O) groups is 1. The number of nitrogens with zero attached hydrogens (tertiary/aromatic N) is 4. The third-order valence-corrected chi connectivity index (χ3v) is 10.5. The minimum Gasteiger partial charge on any atom is -0.489 e. The number of nitro groups is 1. The van der Waals surface area contributed by atoms with Gasteiger partial charge < -0.3 is 24.7 Å². The second kappa shape index (κ2) is 14.4. The number of piperidine rings is 1. The molecule has 0 bridgehead atoms. The van der Waals surface area contributed by atoms with E-state index in [4.69, 9.17) is 4.74 Å². The molecule has 1 unspecified atom stereocenters. The highest BCUT2D eigenvalue weighted by Crippen LogP contribution is 2.31. The summed E-state index contributed by atoms with van der Waals surface area (Å²) in [7, 11) is -3.94. The number of aliphatic hydroxyl groups is 2. The fraction of sp³-hybridized carbons (Fsp3) is 0.387. The lowest BCUT2D eigenvalue weighted by molar-refractivity contribution is -0.385. The molecule has 240 valence electrons. The number of piperazine rings is 1. The van der Waals surface area contributed by atoms with E-state index in [0.29, 0.717) is 36.3 Å².